The van der Waals surface area contributed by atoms with Gasteiger partial charge in [0.05, 0.1) is 10.6 Å². The van der Waals surface area contributed by atoms with Crippen LogP contribution in [-0.4, -0.2) is 40.2 Å². The fourth-order valence-corrected chi connectivity index (χ4v) is 6.17. The Labute approximate surface area is 145 Å². The number of rotatable bonds is 4. The average molecular weight is 381 g/mol. The van der Waals surface area contributed by atoms with E-state index < -0.39 is 36.8 Å². The monoisotopic (exact) mass is 381 g/mol. The van der Waals surface area contributed by atoms with Gasteiger partial charge in [-0.1, -0.05) is 30.3 Å². The summed E-state index contributed by atoms with van der Waals surface area (Å²) in [6, 6.07) is 10.3. The van der Waals surface area contributed by atoms with E-state index in [4.69, 9.17) is 0 Å². The lowest BCUT2D eigenvalue weighted by Gasteiger charge is -2.25. The molecule has 132 valence electrons. The van der Waals surface area contributed by atoms with Gasteiger partial charge in [-0.2, -0.15) is 0 Å². The first-order valence-electron chi connectivity index (χ1n) is 7.28. The third-order valence-electron chi connectivity index (χ3n) is 4.00. The zero-order valence-corrected chi connectivity index (χ0v) is 14.8. The summed E-state index contributed by atoms with van der Waals surface area (Å²) in [5, 5.41) is 9.47. The molecule has 0 spiro atoms. The summed E-state index contributed by atoms with van der Waals surface area (Å²) in [7, 11) is -8.20. The first kappa shape index (κ1) is 17.4. The number of carboxylic acids is 1. The molecule has 0 unspecified atom stereocenters. The highest BCUT2D eigenvalue weighted by Crippen LogP contribution is 2.38. The van der Waals surface area contributed by atoms with Crippen LogP contribution in [0.4, 0.5) is 5.69 Å². The van der Waals surface area contributed by atoms with E-state index in [0.717, 1.165) is 10.6 Å². The number of sulfone groups is 1. The zero-order chi connectivity index (χ0) is 18.4. The number of carbonyl (C=O) groups is 1. The molecule has 0 amide bonds. The number of carboxylic acid groups (broad SMARTS) is 1. The molecular formula is C16H15NO6S2. The fourth-order valence-electron chi connectivity index (χ4n) is 2.92. The molecule has 2 aromatic carbocycles. The number of benzene rings is 2. The van der Waals surface area contributed by atoms with Gasteiger partial charge in [-0.15, -0.1) is 0 Å². The third-order valence-corrected chi connectivity index (χ3v) is 7.16. The molecule has 0 aromatic heterocycles. The van der Waals surface area contributed by atoms with Crippen LogP contribution in [-0.2, 0) is 31.1 Å². The Kier molecular flexibility index (Phi) is 4.08. The summed E-state index contributed by atoms with van der Waals surface area (Å²) in [6.07, 6.45) is 0.930. The van der Waals surface area contributed by atoms with Crippen LogP contribution in [0.1, 0.15) is 5.56 Å². The van der Waals surface area contributed by atoms with Gasteiger partial charge < -0.3 is 5.11 Å². The topological polar surface area (TPSA) is 109 Å². The number of sulfonamides is 1. The van der Waals surface area contributed by atoms with Crippen molar-refractivity contribution in [3.05, 3.63) is 54.1 Å². The first-order valence-corrected chi connectivity index (χ1v) is 10.6. The second-order valence-electron chi connectivity index (χ2n) is 5.71. The maximum Gasteiger partial charge on any atom is 0.327 e. The highest BCUT2D eigenvalue weighted by Gasteiger charge is 2.43. The molecule has 1 atom stereocenters. The normalized spacial score (nSPS) is 17.3. The summed E-state index contributed by atoms with van der Waals surface area (Å²) in [5.41, 5.74) is 0.827. The highest BCUT2D eigenvalue weighted by molar-refractivity contribution is 7.95. The van der Waals surface area contributed by atoms with Crippen molar-refractivity contribution in [2.45, 2.75) is 22.3 Å². The maximum absolute atomic E-state index is 13.2. The molecule has 2 aromatic rings. The van der Waals surface area contributed by atoms with Crippen LogP contribution in [0, 0.1) is 0 Å². The van der Waals surface area contributed by atoms with E-state index in [1.165, 1.54) is 30.3 Å². The van der Waals surface area contributed by atoms with Crippen LogP contribution >= 0.6 is 0 Å². The van der Waals surface area contributed by atoms with Crippen LogP contribution in [0.15, 0.2) is 58.3 Å². The van der Waals surface area contributed by atoms with Crippen molar-refractivity contribution in [2.24, 2.45) is 0 Å². The highest BCUT2D eigenvalue weighted by atomic mass is 32.2. The minimum absolute atomic E-state index is 0.0196. The molecule has 7 nitrogen and oxygen atoms in total. The second-order valence-corrected chi connectivity index (χ2v) is 9.47. The van der Waals surface area contributed by atoms with Crippen LogP contribution < -0.4 is 4.31 Å². The molecule has 0 saturated heterocycles. The van der Waals surface area contributed by atoms with Crippen LogP contribution in [0.3, 0.4) is 0 Å². The van der Waals surface area contributed by atoms with Gasteiger partial charge in [-0.3, -0.25) is 4.31 Å². The molecule has 1 aliphatic heterocycles. The Hall–Kier alpha value is -2.39. The van der Waals surface area contributed by atoms with E-state index >= 15 is 0 Å². The van der Waals surface area contributed by atoms with Crippen LogP contribution in [0.25, 0.3) is 0 Å². The quantitative estimate of drug-likeness (QED) is 0.855. The number of fused-ring (bicyclic) bond motifs is 1. The van der Waals surface area contributed by atoms with E-state index in [9.17, 15) is 26.7 Å². The predicted molar refractivity (Wildman–Crippen MR) is 90.8 cm³/mol. The predicted octanol–water partition coefficient (Wildman–Crippen LogP) is 1.29. The van der Waals surface area contributed by atoms with Crippen molar-refractivity contribution in [1.82, 2.24) is 0 Å². The molecule has 1 heterocycles. The number of aliphatic carboxylic acids is 1. The van der Waals surface area contributed by atoms with Gasteiger partial charge in [0.2, 0.25) is 0 Å². The molecule has 1 aliphatic rings. The van der Waals surface area contributed by atoms with Gasteiger partial charge in [-0.25, -0.2) is 21.6 Å². The van der Waals surface area contributed by atoms with E-state index in [0.29, 0.717) is 5.56 Å². The molecule has 0 saturated carbocycles. The Balaban J connectivity index is 2.26. The Morgan fingerprint density at radius 3 is 2.16 bits per heavy atom. The third kappa shape index (κ3) is 2.89. The van der Waals surface area contributed by atoms with Crippen molar-refractivity contribution >= 4 is 31.5 Å². The molecule has 9 heteroatoms. The zero-order valence-electron chi connectivity index (χ0n) is 13.2. The van der Waals surface area contributed by atoms with E-state index in [1.54, 1.807) is 18.2 Å². The average Bonchev–Trinajstić information content (AvgIpc) is 2.94. The molecular weight excluding hydrogens is 366 g/mol. The molecule has 0 radical (unpaired) electrons. The lowest BCUT2D eigenvalue weighted by atomic mass is 10.1. The molecule has 1 N–H and O–H groups in total. The van der Waals surface area contributed by atoms with Gasteiger partial charge in [0.15, 0.2) is 9.84 Å². The molecule has 3 rings (SSSR count). The van der Waals surface area contributed by atoms with Gasteiger partial charge in [0, 0.05) is 12.7 Å². The summed E-state index contributed by atoms with van der Waals surface area (Å²) in [4.78, 5) is 10.8. The number of para-hydroxylation sites is 1. The van der Waals surface area contributed by atoms with Gasteiger partial charge in [0.1, 0.15) is 10.9 Å². The van der Waals surface area contributed by atoms with Gasteiger partial charge >= 0.3 is 5.97 Å². The van der Waals surface area contributed by atoms with Crippen LogP contribution in [0.5, 0.6) is 0 Å². The Morgan fingerprint density at radius 1 is 1.00 bits per heavy atom. The van der Waals surface area contributed by atoms with E-state index in [-0.39, 0.29) is 17.0 Å². The van der Waals surface area contributed by atoms with Gasteiger partial charge in [-0.05, 0) is 23.8 Å². The smallest absolute Gasteiger partial charge is 0.327 e. The lowest BCUT2D eigenvalue weighted by molar-refractivity contribution is -0.138. The standard InChI is InChI=1S/C16H15NO6S2/c1-24(20,21)14-8-4-5-9-15(14)25(22,23)17-12-7-3-2-6-11(12)10-13(17)16(18)19/h2-9,13H,10H2,1H3,(H,18,19)/t13-/m1/s1. The van der Waals surface area contributed by atoms with Crippen molar-refractivity contribution in [3.63, 3.8) is 0 Å². The van der Waals surface area contributed by atoms with Crippen molar-refractivity contribution in [1.29, 1.82) is 0 Å². The van der Waals surface area contributed by atoms with Crippen molar-refractivity contribution in [2.75, 3.05) is 10.6 Å². The van der Waals surface area contributed by atoms with Crippen molar-refractivity contribution < 1.29 is 26.7 Å². The molecule has 0 aliphatic carbocycles. The molecule has 25 heavy (non-hydrogen) atoms. The number of hydrogen-bond acceptors (Lipinski definition) is 5. The molecule has 0 fully saturated rings. The summed E-state index contributed by atoms with van der Waals surface area (Å²) >= 11 is 0. The van der Waals surface area contributed by atoms with E-state index in [1.807, 2.05) is 0 Å². The van der Waals surface area contributed by atoms with Gasteiger partial charge in [0.25, 0.3) is 10.0 Å². The summed E-state index contributed by atoms with van der Waals surface area (Å²) < 4.78 is 51.1. The summed E-state index contributed by atoms with van der Waals surface area (Å²) in [5.74, 6) is -1.29. The van der Waals surface area contributed by atoms with Crippen LogP contribution in [0.2, 0.25) is 0 Å². The lowest BCUT2D eigenvalue weighted by Crippen LogP contribution is -2.43. The fraction of sp³-hybridized carbons (Fsp3) is 0.188. The maximum atomic E-state index is 13.2. The second kappa shape index (κ2) is 5.85. The summed E-state index contributed by atoms with van der Waals surface area (Å²) in [6.45, 7) is 0. The number of nitrogens with zero attached hydrogens (tertiary/aromatic N) is 1. The minimum atomic E-state index is -4.39. The minimum Gasteiger partial charge on any atom is -0.480 e. The SMILES string of the molecule is CS(=O)(=O)c1ccccc1S(=O)(=O)N1c2ccccc2C[C@@H]1C(=O)O. The van der Waals surface area contributed by atoms with E-state index in [2.05, 4.69) is 0 Å². The largest absolute Gasteiger partial charge is 0.480 e. The molecule has 0 bridgehead atoms. The Bertz CT molecular complexity index is 1060. The van der Waals surface area contributed by atoms with Crippen molar-refractivity contribution in [3.8, 4) is 0 Å². The number of anilines is 1. The Morgan fingerprint density at radius 2 is 1.56 bits per heavy atom. The number of hydrogen-bond donors (Lipinski definition) is 1. The first-order chi connectivity index (χ1) is 11.6.